The second-order valence-electron chi connectivity index (χ2n) is 5.43. The van der Waals surface area contributed by atoms with Crippen LogP contribution < -0.4 is 5.32 Å². The highest BCUT2D eigenvalue weighted by Crippen LogP contribution is 2.14. The van der Waals surface area contributed by atoms with E-state index in [0.717, 1.165) is 32.0 Å². The number of hydrogen-bond acceptors (Lipinski definition) is 4. The maximum absolute atomic E-state index is 10.6. The molecule has 98 valence electrons. The predicted octanol–water partition coefficient (Wildman–Crippen LogP) is 0.191. The minimum absolute atomic E-state index is 0.181. The van der Waals surface area contributed by atoms with Gasteiger partial charge in [-0.3, -0.25) is 4.90 Å². The minimum atomic E-state index is 0.181. The molecule has 4 nitrogen and oxygen atoms in total. The molecule has 0 aromatic carbocycles. The second kappa shape index (κ2) is 6.47. The Balaban J connectivity index is 1.71. The first-order valence-electron chi connectivity index (χ1n) is 6.92. The van der Waals surface area contributed by atoms with Crippen LogP contribution in [0.5, 0.6) is 0 Å². The molecule has 2 heterocycles. The Labute approximate surface area is 104 Å². The van der Waals surface area contributed by atoms with Crippen LogP contribution in [-0.4, -0.2) is 67.9 Å². The Morgan fingerprint density at radius 1 is 1.24 bits per heavy atom. The largest absolute Gasteiger partial charge is 0.317 e. The van der Waals surface area contributed by atoms with Gasteiger partial charge in [0.25, 0.3) is 0 Å². The molecule has 1 atom stereocenters. The Morgan fingerprint density at radius 2 is 1.88 bits per heavy atom. The van der Waals surface area contributed by atoms with Crippen molar-refractivity contribution in [2.45, 2.75) is 25.8 Å². The zero-order valence-electron chi connectivity index (χ0n) is 10.9. The lowest BCUT2D eigenvalue weighted by Crippen LogP contribution is -2.53. The van der Waals surface area contributed by atoms with Crippen molar-refractivity contribution in [1.29, 1.82) is 0 Å². The first-order chi connectivity index (χ1) is 8.29. The highest BCUT2D eigenvalue weighted by Gasteiger charge is 2.25. The van der Waals surface area contributed by atoms with E-state index in [9.17, 15) is 4.79 Å². The molecule has 1 unspecified atom stereocenters. The van der Waals surface area contributed by atoms with Crippen LogP contribution >= 0.6 is 0 Å². The van der Waals surface area contributed by atoms with Crippen LogP contribution in [0.3, 0.4) is 0 Å². The third-order valence-electron chi connectivity index (χ3n) is 4.01. The number of piperazine rings is 1. The molecule has 2 rings (SSSR count). The standard InChI is InChI=1S/C13H25N3O/c1-12(11-17)10-15-6-8-16(9-7-15)13-2-4-14-5-3-13/h11-14H,2-10H2,1H3. The monoisotopic (exact) mass is 239 g/mol. The molecular weight excluding hydrogens is 214 g/mol. The lowest BCUT2D eigenvalue weighted by Gasteiger charge is -2.41. The van der Waals surface area contributed by atoms with Gasteiger partial charge in [-0.05, 0) is 25.9 Å². The maximum Gasteiger partial charge on any atom is 0.124 e. The van der Waals surface area contributed by atoms with Gasteiger partial charge in [0.05, 0.1) is 0 Å². The van der Waals surface area contributed by atoms with Gasteiger partial charge in [-0.25, -0.2) is 0 Å². The number of piperidine rings is 1. The average Bonchev–Trinajstić information content (AvgIpc) is 2.40. The zero-order chi connectivity index (χ0) is 12.1. The van der Waals surface area contributed by atoms with Gasteiger partial charge in [0.1, 0.15) is 6.29 Å². The van der Waals surface area contributed by atoms with Crippen molar-refractivity contribution in [2.24, 2.45) is 5.92 Å². The highest BCUT2D eigenvalue weighted by molar-refractivity contribution is 5.53. The molecule has 0 amide bonds. The van der Waals surface area contributed by atoms with Gasteiger partial charge >= 0.3 is 0 Å². The average molecular weight is 239 g/mol. The SMILES string of the molecule is CC(C=O)CN1CCN(C2CCNCC2)CC1. The van der Waals surface area contributed by atoms with Gasteiger partial charge in [0.2, 0.25) is 0 Å². The molecule has 0 bridgehead atoms. The summed E-state index contributed by atoms with van der Waals surface area (Å²) in [6, 6.07) is 0.793. The smallest absolute Gasteiger partial charge is 0.124 e. The number of rotatable bonds is 4. The summed E-state index contributed by atoms with van der Waals surface area (Å²) in [6.45, 7) is 9.90. The van der Waals surface area contributed by atoms with Crippen molar-refractivity contribution < 1.29 is 4.79 Å². The quantitative estimate of drug-likeness (QED) is 0.711. The Hall–Kier alpha value is -0.450. The van der Waals surface area contributed by atoms with Crippen LogP contribution in [-0.2, 0) is 4.79 Å². The maximum atomic E-state index is 10.6. The van der Waals surface area contributed by atoms with Crippen LogP contribution in [0.15, 0.2) is 0 Å². The minimum Gasteiger partial charge on any atom is -0.317 e. The Kier molecular flexibility index (Phi) is 4.95. The van der Waals surface area contributed by atoms with E-state index in [2.05, 4.69) is 15.1 Å². The van der Waals surface area contributed by atoms with E-state index in [1.807, 2.05) is 6.92 Å². The van der Waals surface area contributed by atoms with E-state index in [1.54, 1.807) is 0 Å². The topological polar surface area (TPSA) is 35.6 Å². The van der Waals surface area contributed by atoms with E-state index in [-0.39, 0.29) is 5.92 Å². The summed E-state index contributed by atoms with van der Waals surface area (Å²) < 4.78 is 0. The van der Waals surface area contributed by atoms with E-state index in [0.29, 0.717) is 0 Å². The lowest BCUT2D eigenvalue weighted by molar-refractivity contribution is -0.111. The normalized spacial score (nSPS) is 26.9. The fraction of sp³-hybridized carbons (Fsp3) is 0.923. The van der Waals surface area contributed by atoms with E-state index >= 15 is 0 Å². The molecule has 0 radical (unpaired) electrons. The molecule has 2 aliphatic heterocycles. The molecule has 2 aliphatic rings. The van der Waals surface area contributed by atoms with E-state index in [4.69, 9.17) is 0 Å². The number of aldehydes is 1. The van der Waals surface area contributed by atoms with Crippen molar-refractivity contribution in [1.82, 2.24) is 15.1 Å². The van der Waals surface area contributed by atoms with E-state index in [1.165, 1.54) is 39.0 Å². The molecule has 0 saturated carbocycles. The molecule has 2 saturated heterocycles. The molecule has 2 fully saturated rings. The summed E-state index contributed by atoms with van der Waals surface area (Å²) in [5.41, 5.74) is 0. The lowest BCUT2D eigenvalue weighted by atomic mass is 10.0. The van der Waals surface area contributed by atoms with Gasteiger partial charge in [-0.1, -0.05) is 6.92 Å². The number of nitrogens with one attached hydrogen (secondary N) is 1. The molecule has 17 heavy (non-hydrogen) atoms. The molecular formula is C13H25N3O. The Bertz CT molecular complexity index is 233. The third kappa shape index (κ3) is 3.76. The molecule has 0 aromatic heterocycles. The van der Waals surface area contributed by atoms with Crippen LogP contribution in [0.2, 0.25) is 0 Å². The molecule has 0 aliphatic carbocycles. The third-order valence-corrected chi connectivity index (χ3v) is 4.01. The molecule has 4 heteroatoms. The molecule has 1 N–H and O–H groups in total. The van der Waals surface area contributed by atoms with Crippen LogP contribution in [0.1, 0.15) is 19.8 Å². The van der Waals surface area contributed by atoms with Gasteiger partial charge in [-0.15, -0.1) is 0 Å². The van der Waals surface area contributed by atoms with E-state index < -0.39 is 0 Å². The van der Waals surface area contributed by atoms with Crippen molar-refractivity contribution in [3.8, 4) is 0 Å². The summed E-state index contributed by atoms with van der Waals surface area (Å²) in [7, 11) is 0. The molecule has 0 spiro atoms. The number of carbonyl (C=O) groups is 1. The Morgan fingerprint density at radius 3 is 2.47 bits per heavy atom. The summed E-state index contributed by atoms with van der Waals surface area (Å²) in [6.07, 6.45) is 3.66. The van der Waals surface area contributed by atoms with Gasteiger partial charge in [0, 0.05) is 44.7 Å². The fourth-order valence-electron chi connectivity index (χ4n) is 2.93. The predicted molar refractivity (Wildman–Crippen MR) is 69.1 cm³/mol. The number of hydrogen-bond donors (Lipinski definition) is 1. The zero-order valence-corrected chi connectivity index (χ0v) is 10.9. The summed E-state index contributed by atoms with van der Waals surface area (Å²) in [5.74, 6) is 0.181. The van der Waals surface area contributed by atoms with Crippen molar-refractivity contribution >= 4 is 6.29 Å². The summed E-state index contributed by atoms with van der Waals surface area (Å²) >= 11 is 0. The summed E-state index contributed by atoms with van der Waals surface area (Å²) in [5, 5.41) is 3.42. The molecule has 0 aromatic rings. The second-order valence-corrected chi connectivity index (χ2v) is 5.43. The van der Waals surface area contributed by atoms with Crippen LogP contribution in [0.25, 0.3) is 0 Å². The summed E-state index contributed by atoms with van der Waals surface area (Å²) in [4.78, 5) is 15.7. The van der Waals surface area contributed by atoms with Gasteiger partial charge in [-0.2, -0.15) is 0 Å². The van der Waals surface area contributed by atoms with Gasteiger partial charge in [0.15, 0.2) is 0 Å². The van der Waals surface area contributed by atoms with Crippen molar-refractivity contribution in [2.75, 3.05) is 45.8 Å². The first-order valence-corrected chi connectivity index (χ1v) is 6.92. The first kappa shape index (κ1) is 13.0. The number of nitrogens with zero attached hydrogens (tertiary/aromatic N) is 2. The highest BCUT2D eigenvalue weighted by atomic mass is 16.1. The van der Waals surface area contributed by atoms with Crippen molar-refractivity contribution in [3.63, 3.8) is 0 Å². The van der Waals surface area contributed by atoms with Crippen LogP contribution in [0.4, 0.5) is 0 Å². The van der Waals surface area contributed by atoms with Gasteiger partial charge < -0.3 is 15.0 Å². The fourth-order valence-corrected chi connectivity index (χ4v) is 2.93. The van der Waals surface area contributed by atoms with Crippen molar-refractivity contribution in [3.05, 3.63) is 0 Å². The number of carbonyl (C=O) groups excluding carboxylic acids is 1. The van der Waals surface area contributed by atoms with Crippen LogP contribution in [0, 0.1) is 5.92 Å².